The summed E-state index contributed by atoms with van der Waals surface area (Å²) in [6.07, 6.45) is 0. The van der Waals surface area contributed by atoms with Gasteiger partial charge in [0.1, 0.15) is 22.3 Å². The van der Waals surface area contributed by atoms with Crippen molar-refractivity contribution in [2.75, 3.05) is 0 Å². The minimum absolute atomic E-state index is 0.549. The zero-order valence-electron chi connectivity index (χ0n) is 24.4. The highest BCUT2D eigenvalue weighted by Gasteiger charge is 2.20. The highest BCUT2D eigenvalue weighted by atomic mass is 16.3. The van der Waals surface area contributed by atoms with E-state index in [0.717, 1.165) is 66.0 Å². The van der Waals surface area contributed by atoms with Crippen molar-refractivity contribution in [3.05, 3.63) is 140 Å². The summed E-state index contributed by atoms with van der Waals surface area (Å²) in [5.41, 5.74) is 5.81. The minimum atomic E-state index is 0.549. The van der Waals surface area contributed by atoms with Gasteiger partial charge < -0.3 is 8.83 Å². The van der Waals surface area contributed by atoms with Crippen molar-refractivity contribution < 1.29 is 8.83 Å². The molecule has 0 saturated carbocycles. The van der Waals surface area contributed by atoms with Crippen molar-refractivity contribution in [3.8, 4) is 34.2 Å². The lowest BCUT2D eigenvalue weighted by atomic mass is 10.00. The highest BCUT2D eigenvalue weighted by molar-refractivity contribution is 6.12. The Morgan fingerprint density at radius 3 is 1.87 bits per heavy atom. The van der Waals surface area contributed by atoms with E-state index in [1.54, 1.807) is 0 Å². The van der Waals surface area contributed by atoms with Crippen LogP contribution in [0.2, 0.25) is 0 Å². The normalized spacial score (nSPS) is 11.9. The summed E-state index contributed by atoms with van der Waals surface area (Å²) in [7, 11) is 0. The van der Waals surface area contributed by atoms with Gasteiger partial charge in [0.2, 0.25) is 0 Å². The van der Waals surface area contributed by atoms with E-state index in [9.17, 15) is 0 Å². The number of fused-ring (bicyclic) bond motifs is 9. The largest absolute Gasteiger partial charge is 0.456 e. The molecule has 0 aliphatic rings. The quantitative estimate of drug-likeness (QED) is 0.192. The smallest absolute Gasteiger partial charge is 0.167 e. The fraction of sp³-hybridized carbons (Fsp3) is 0. The van der Waals surface area contributed by atoms with Gasteiger partial charge in [0.25, 0.3) is 0 Å². The first-order chi connectivity index (χ1) is 22.8. The number of nitrogens with zero attached hydrogens (tertiary/aromatic N) is 3. The molecule has 0 saturated heterocycles. The number of aromatic nitrogens is 3. The number of hydrogen-bond donors (Lipinski definition) is 0. The van der Waals surface area contributed by atoms with Crippen molar-refractivity contribution in [1.82, 2.24) is 15.0 Å². The van der Waals surface area contributed by atoms with E-state index in [-0.39, 0.29) is 0 Å². The van der Waals surface area contributed by atoms with Gasteiger partial charge in [0, 0.05) is 32.7 Å². The lowest BCUT2D eigenvalue weighted by molar-refractivity contribution is 0.668. The molecule has 0 atom stereocenters. The van der Waals surface area contributed by atoms with Crippen LogP contribution >= 0.6 is 0 Å². The van der Waals surface area contributed by atoms with Crippen LogP contribution in [-0.4, -0.2) is 15.0 Å². The molecule has 0 N–H and O–H groups in total. The van der Waals surface area contributed by atoms with Gasteiger partial charge in [-0.05, 0) is 51.9 Å². The van der Waals surface area contributed by atoms with Gasteiger partial charge in [0.15, 0.2) is 17.5 Å². The van der Waals surface area contributed by atoms with Crippen molar-refractivity contribution >= 4 is 65.4 Å². The third kappa shape index (κ3) is 3.72. The molecule has 214 valence electrons. The van der Waals surface area contributed by atoms with Crippen LogP contribution in [0.15, 0.2) is 148 Å². The van der Waals surface area contributed by atoms with Gasteiger partial charge in [-0.3, -0.25) is 0 Å². The van der Waals surface area contributed by atoms with Crippen LogP contribution in [-0.2, 0) is 0 Å². The van der Waals surface area contributed by atoms with Crippen molar-refractivity contribution in [3.63, 3.8) is 0 Å². The molecule has 7 aromatic carbocycles. The topological polar surface area (TPSA) is 65.0 Å². The second-order valence-electron chi connectivity index (χ2n) is 11.6. The summed E-state index contributed by atoms with van der Waals surface area (Å²) in [6, 6.07) is 47.6. The molecule has 0 spiro atoms. The Morgan fingerprint density at radius 2 is 0.978 bits per heavy atom. The van der Waals surface area contributed by atoms with Crippen LogP contribution in [0, 0.1) is 0 Å². The SMILES string of the molecule is c1ccc2c(c1)ccc1cc(-c3nc(-c4cccc5c4oc4ccccc45)nc(-c4cccc5oc6ccccc6c45)n3)ccc12. The Hall–Kier alpha value is -6.33. The number of hydrogen-bond acceptors (Lipinski definition) is 5. The van der Waals surface area contributed by atoms with Gasteiger partial charge >= 0.3 is 0 Å². The highest BCUT2D eigenvalue weighted by Crippen LogP contribution is 2.39. The maximum Gasteiger partial charge on any atom is 0.167 e. The molecule has 0 aliphatic carbocycles. The molecule has 0 amide bonds. The first-order valence-corrected chi connectivity index (χ1v) is 15.3. The monoisotopic (exact) mass is 589 g/mol. The van der Waals surface area contributed by atoms with Gasteiger partial charge in [-0.15, -0.1) is 0 Å². The first kappa shape index (κ1) is 25.0. The van der Waals surface area contributed by atoms with Crippen LogP contribution in [0.25, 0.3) is 99.6 Å². The summed E-state index contributed by atoms with van der Waals surface area (Å²) in [4.78, 5) is 15.4. The fourth-order valence-electron chi connectivity index (χ4n) is 6.78. The maximum atomic E-state index is 6.43. The van der Waals surface area contributed by atoms with Crippen LogP contribution in [0.4, 0.5) is 0 Å². The third-order valence-electron chi connectivity index (χ3n) is 8.93. The molecule has 3 heterocycles. The minimum Gasteiger partial charge on any atom is -0.456 e. The summed E-state index contributed by atoms with van der Waals surface area (Å²) in [5, 5.41) is 8.84. The van der Waals surface area contributed by atoms with E-state index >= 15 is 0 Å². The molecule has 3 aromatic heterocycles. The van der Waals surface area contributed by atoms with Crippen LogP contribution in [0.1, 0.15) is 0 Å². The standard InChI is InChI=1S/C41H23N3O2/c1-2-10-27-24(9-1)19-20-25-23-26(21-22-28(25)27)39-42-40(32-14-8-18-36-37(32)31-12-4-6-17-35(31)45-36)44-41(43-39)33-15-7-13-30-29-11-3-5-16-34(29)46-38(30)33/h1-23H. The summed E-state index contributed by atoms with van der Waals surface area (Å²) < 4.78 is 12.7. The lowest BCUT2D eigenvalue weighted by Crippen LogP contribution is -2.00. The second kappa shape index (κ2) is 9.58. The van der Waals surface area contributed by atoms with E-state index in [1.807, 2.05) is 60.7 Å². The van der Waals surface area contributed by atoms with E-state index in [4.69, 9.17) is 23.8 Å². The van der Waals surface area contributed by atoms with E-state index in [2.05, 4.69) is 78.9 Å². The molecule has 0 unspecified atom stereocenters. The van der Waals surface area contributed by atoms with Crippen molar-refractivity contribution in [2.45, 2.75) is 0 Å². The molecule has 10 rings (SSSR count). The van der Waals surface area contributed by atoms with E-state index < -0.39 is 0 Å². The summed E-state index contributed by atoms with van der Waals surface area (Å²) in [6.45, 7) is 0. The number of furan rings is 2. The predicted molar refractivity (Wildman–Crippen MR) is 186 cm³/mol. The molecule has 0 fully saturated rings. The first-order valence-electron chi connectivity index (χ1n) is 15.3. The van der Waals surface area contributed by atoms with Gasteiger partial charge in [-0.25, -0.2) is 15.0 Å². The van der Waals surface area contributed by atoms with Gasteiger partial charge in [-0.1, -0.05) is 109 Å². The molecular formula is C41H23N3O2. The predicted octanol–water partition coefficient (Wildman–Crippen LogP) is 11.0. The maximum absolute atomic E-state index is 6.43. The molecule has 0 radical (unpaired) electrons. The molecule has 10 aromatic rings. The molecule has 46 heavy (non-hydrogen) atoms. The average molecular weight is 590 g/mol. The Bertz CT molecular complexity index is 2830. The Morgan fingerprint density at radius 1 is 0.370 bits per heavy atom. The third-order valence-corrected chi connectivity index (χ3v) is 8.93. The molecule has 5 nitrogen and oxygen atoms in total. The molecule has 0 bridgehead atoms. The van der Waals surface area contributed by atoms with Crippen molar-refractivity contribution in [1.29, 1.82) is 0 Å². The summed E-state index contributed by atoms with van der Waals surface area (Å²) >= 11 is 0. The van der Waals surface area contributed by atoms with Crippen LogP contribution in [0.3, 0.4) is 0 Å². The fourth-order valence-corrected chi connectivity index (χ4v) is 6.78. The Kier molecular flexibility index (Phi) is 5.22. The van der Waals surface area contributed by atoms with Crippen LogP contribution < -0.4 is 0 Å². The van der Waals surface area contributed by atoms with Gasteiger partial charge in [-0.2, -0.15) is 0 Å². The number of rotatable bonds is 3. The zero-order chi connectivity index (χ0) is 30.2. The van der Waals surface area contributed by atoms with Crippen molar-refractivity contribution in [2.24, 2.45) is 0 Å². The Labute approximate surface area is 262 Å². The average Bonchev–Trinajstić information content (AvgIpc) is 3.70. The zero-order valence-corrected chi connectivity index (χ0v) is 24.4. The number of para-hydroxylation sites is 3. The molecule has 5 heteroatoms. The molecular weight excluding hydrogens is 566 g/mol. The second-order valence-corrected chi connectivity index (χ2v) is 11.6. The summed E-state index contributed by atoms with van der Waals surface area (Å²) in [5.74, 6) is 1.71. The van der Waals surface area contributed by atoms with Gasteiger partial charge in [0.05, 0.1) is 5.56 Å². The molecule has 0 aliphatic heterocycles. The van der Waals surface area contributed by atoms with E-state index in [0.29, 0.717) is 17.5 Å². The Balaban J connectivity index is 1.26. The van der Waals surface area contributed by atoms with Crippen LogP contribution in [0.5, 0.6) is 0 Å². The lowest BCUT2D eigenvalue weighted by Gasteiger charge is -2.11. The van der Waals surface area contributed by atoms with E-state index in [1.165, 1.54) is 16.2 Å². The number of benzene rings is 7.